The van der Waals surface area contributed by atoms with Gasteiger partial charge in [0.05, 0.1) is 17.7 Å². The lowest BCUT2D eigenvalue weighted by atomic mass is 10.2. The summed E-state index contributed by atoms with van der Waals surface area (Å²) < 4.78 is 0. The Morgan fingerprint density at radius 2 is 1.54 bits per heavy atom. The average molecular weight is 380 g/mol. The van der Waals surface area contributed by atoms with E-state index in [2.05, 4.69) is 30.2 Å². The van der Waals surface area contributed by atoms with Gasteiger partial charge in [-0.05, 0) is 24.3 Å². The molecule has 0 saturated heterocycles. The van der Waals surface area contributed by atoms with Crippen LogP contribution in [0.15, 0.2) is 54.0 Å². The molecule has 0 unspecified atom stereocenters. The molecule has 3 aromatic rings. The van der Waals surface area contributed by atoms with Crippen molar-refractivity contribution in [3.05, 3.63) is 65.9 Å². The van der Waals surface area contributed by atoms with E-state index >= 15 is 0 Å². The van der Waals surface area contributed by atoms with Gasteiger partial charge in [-0.1, -0.05) is 0 Å². The highest BCUT2D eigenvalue weighted by molar-refractivity contribution is 5.98. The zero-order valence-electron chi connectivity index (χ0n) is 14.5. The van der Waals surface area contributed by atoms with Crippen molar-refractivity contribution in [2.24, 2.45) is 4.99 Å². The van der Waals surface area contributed by atoms with E-state index in [0.29, 0.717) is 17.2 Å². The van der Waals surface area contributed by atoms with Gasteiger partial charge in [0.1, 0.15) is 17.2 Å². The molecule has 3 aromatic heterocycles. The molecule has 10 nitrogen and oxygen atoms in total. The molecule has 142 valence electrons. The number of nitrogens with one attached hydrogen (secondary N) is 2. The topological polar surface area (TPSA) is 153 Å². The van der Waals surface area contributed by atoms with Crippen molar-refractivity contribution in [2.75, 3.05) is 13.1 Å². The summed E-state index contributed by atoms with van der Waals surface area (Å²) in [5.74, 6) is -0.585. The first kappa shape index (κ1) is 18.7. The summed E-state index contributed by atoms with van der Waals surface area (Å²) in [7, 11) is 0. The number of H-pyrrole nitrogens is 1. The van der Waals surface area contributed by atoms with Crippen molar-refractivity contribution in [1.82, 2.24) is 25.3 Å². The number of aromatic amines is 1. The summed E-state index contributed by atoms with van der Waals surface area (Å²) in [6, 6.07) is 6.28. The molecule has 4 rings (SSSR count). The third-order valence-electron chi connectivity index (χ3n) is 3.68. The predicted octanol–water partition coefficient (Wildman–Crippen LogP) is 1.30. The van der Waals surface area contributed by atoms with Gasteiger partial charge >= 0.3 is 11.9 Å². The maximum atomic E-state index is 10.5. The van der Waals surface area contributed by atoms with Crippen LogP contribution in [-0.4, -0.2) is 61.0 Å². The number of aromatic nitrogens is 4. The summed E-state index contributed by atoms with van der Waals surface area (Å²) in [5, 5.41) is 20.4. The van der Waals surface area contributed by atoms with Crippen LogP contribution in [-0.2, 0) is 0 Å². The number of imidazole rings is 1. The van der Waals surface area contributed by atoms with Crippen LogP contribution in [0, 0.1) is 0 Å². The highest BCUT2D eigenvalue weighted by Crippen LogP contribution is 2.11. The quantitative estimate of drug-likeness (QED) is 0.528. The van der Waals surface area contributed by atoms with Crippen LogP contribution in [0.2, 0.25) is 0 Å². The number of carboxylic acid groups (broad SMARTS) is 2. The molecule has 0 aliphatic carbocycles. The molecule has 0 bridgehead atoms. The number of rotatable bonds is 4. The normalized spacial score (nSPS) is 12.4. The van der Waals surface area contributed by atoms with Crippen molar-refractivity contribution in [1.29, 1.82) is 0 Å². The number of hydrogen-bond donors (Lipinski definition) is 4. The Labute approximate surface area is 159 Å². The number of aromatic carboxylic acids is 2. The van der Waals surface area contributed by atoms with Crippen LogP contribution in [0.4, 0.5) is 0 Å². The summed E-state index contributed by atoms with van der Waals surface area (Å²) in [6.45, 7) is 1.56. The number of amidine groups is 1. The van der Waals surface area contributed by atoms with Gasteiger partial charge in [-0.15, -0.1) is 0 Å². The van der Waals surface area contributed by atoms with Gasteiger partial charge in [0.25, 0.3) is 0 Å². The van der Waals surface area contributed by atoms with E-state index in [1.165, 1.54) is 24.5 Å². The van der Waals surface area contributed by atoms with Gasteiger partial charge in [0.15, 0.2) is 5.82 Å². The maximum Gasteiger partial charge on any atom is 0.337 e. The van der Waals surface area contributed by atoms with Crippen molar-refractivity contribution in [3.8, 4) is 11.5 Å². The standard InChI is InChI=1S/C9H9N3O2.C9H7N3O2/c2*13-9(14)6-1-2-7(12-5-6)8-10-3-4-11-8/h1-2,5H,3-4H2,(H,10,11)(H,13,14);1-5H,(H,10,11)(H,13,14). The second-order valence-electron chi connectivity index (χ2n) is 5.57. The van der Waals surface area contributed by atoms with Crippen LogP contribution in [0.25, 0.3) is 11.5 Å². The van der Waals surface area contributed by atoms with Crippen LogP contribution in [0.1, 0.15) is 26.4 Å². The predicted molar refractivity (Wildman–Crippen MR) is 99.4 cm³/mol. The van der Waals surface area contributed by atoms with E-state index < -0.39 is 11.9 Å². The first-order valence-electron chi connectivity index (χ1n) is 8.21. The highest BCUT2D eigenvalue weighted by atomic mass is 16.4. The van der Waals surface area contributed by atoms with Crippen molar-refractivity contribution in [3.63, 3.8) is 0 Å². The van der Waals surface area contributed by atoms with E-state index in [-0.39, 0.29) is 11.1 Å². The lowest BCUT2D eigenvalue weighted by molar-refractivity contribution is 0.0685. The molecule has 0 saturated carbocycles. The molecule has 1 aliphatic rings. The Balaban J connectivity index is 0.000000161. The van der Waals surface area contributed by atoms with Gasteiger partial charge in [-0.2, -0.15) is 0 Å². The molecule has 28 heavy (non-hydrogen) atoms. The third-order valence-corrected chi connectivity index (χ3v) is 3.68. The summed E-state index contributed by atoms with van der Waals surface area (Å²) in [5.41, 5.74) is 1.67. The van der Waals surface area contributed by atoms with Crippen LogP contribution >= 0.6 is 0 Å². The Morgan fingerprint density at radius 3 is 1.96 bits per heavy atom. The highest BCUT2D eigenvalue weighted by Gasteiger charge is 2.10. The van der Waals surface area contributed by atoms with Crippen molar-refractivity contribution < 1.29 is 19.8 Å². The van der Waals surface area contributed by atoms with Crippen molar-refractivity contribution >= 4 is 17.8 Å². The molecule has 4 N–H and O–H groups in total. The van der Waals surface area contributed by atoms with E-state index in [4.69, 9.17) is 10.2 Å². The first-order valence-corrected chi connectivity index (χ1v) is 8.21. The van der Waals surface area contributed by atoms with Gasteiger partial charge in [0.2, 0.25) is 0 Å². The summed E-state index contributed by atoms with van der Waals surface area (Å²) in [6.07, 6.45) is 5.94. The minimum atomic E-state index is -0.983. The van der Waals surface area contributed by atoms with Crippen LogP contribution in [0.5, 0.6) is 0 Å². The van der Waals surface area contributed by atoms with Crippen molar-refractivity contribution in [2.45, 2.75) is 0 Å². The molecule has 10 heteroatoms. The van der Waals surface area contributed by atoms with Gasteiger partial charge in [-0.25, -0.2) is 14.6 Å². The molecular weight excluding hydrogens is 364 g/mol. The van der Waals surface area contributed by atoms with Gasteiger partial charge in [-0.3, -0.25) is 15.0 Å². The SMILES string of the molecule is O=C(O)c1ccc(-c2ncc[nH]2)nc1.O=C(O)c1ccc(C2=NCCN2)nc1. The lowest BCUT2D eigenvalue weighted by Crippen LogP contribution is -2.20. The fourth-order valence-electron chi connectivity index (χ4n) is 2.30. The summed E-state index contributed by atoms with van der Waals surface area (Å²) >= 11 is 0. The van der Waals surface area contributed by atoms with Gasteiger partial charge in [0, 0.05) is 31.3 Å². The number of nitrogens with zero attached hydrogens (tertiary/aromatic N) is 4. The molecule has 0 spiro atoms. The Bertz CT molecular complexity index is 982. The molecule has 4 heterocycles. The van der Waals surface area contributed by atoms with E-state index in [9.17, 15) is 9.59 Å². The lowest BCUT2D eigenvalue weighted by Gasteiger charge is -2.00. The molecule has 0 aromatic carbocycles. The number of carbonyl (C=O) groups is 2. The zero-order valence-corrected chi connectivity index (χ0v) is 14.5. The number of carboxylic acids is 2. The monoisotopic (exact) mass is 380 g/mol. The van der Waals surface area contributed by atoms with E-state index in [0.717, 1.165) is 18.9 Å². The fourth-order valence-corrected chi connectivity index (χ4v) is 2.30. The summed E-state index contributed by atoms with van der Waals surface area (Å²) in [4.78, 5) is 40.1. The number of pyridine rings is 2. The first-order chi connectivity index (χ1) is 13.5. The van der Waals surface area contributed by atoms with Crippen LogP contribution in [0.3, 0.4) is 0 Å². The molecule has 0 amide bonds. The number of hydrogen-bond acceptors (Lipinski definition) is 7. The zero-order chi connectivity index (χ0) is 19.9. The smallest absolute Gasteiger partial charge is 0.337 e. The number of aliphatic imine (C=N–C) groups is 1. The average Bonchev–Trinajstić information content (AvgIpc) is 3.43. The van der Waals surface area contributed by atoms with Gasteiger partial charge < -0.3 is 20.5 Å². The molecule has 0 fully saturated rings. The maximum absolute atomic E-state index is 10.5. The second-order valence-corrected chi connectivity index (χ2v) is 5.57. The molecular formula is C18H16N6O4. The largest absolute Gasteiger partial charge is 0.478 e. The minimum absolute atomic E-state index is 0.167. The third kappa shape index (κ3) is 4.55. The Morgan fingerprint density at radius 1 is 0.893 bits per heavy atom. The second kappa shape index (κ2) is 8.54. The molecule has 1 aliphatic heterocycles. The Kier molecular flexibility index (Phi) is 5.70. The van der Waals surface area contributed by atoms with E-state index in [1.54, 1.807) is 24.5 Å². The molecule has 0 atom stereocenters. The molecule has 0 radical (unpaired) electrons. The minimum Gasteiger partial charge on any atom is -0.478 e. The van der Waals surface area contributed by atoms with E-state index in [1.807, 2.05) is 0 Å². The van der Waals surface area contributed by atoms with Crippen LogP contribution < -0.4 is 5.32 Å². The fraction of sp³-hybridized carbons (Fsp3) is 0.111. The Hall–Kier alpha value is -4.08.